The van der Waals surface area contributed by atoms with Gasteiger partial charge in [-0.2, -0.15) is 0 Å². The van der Waals surface area contributed by atoms with Gasteiger partial charge in [0.05, 0.1) is 0 Å². The quantitative estimate of drug-likeness (QED) is 0.373. The van der Waals surface area contributed by atoms with E-state index in [1.165, 1.54) is 24.8 Å². The zero-order valence-corrected chi connectivity index (χ0v) is 20.5. The van der Waals surface area contributed by atoms with E-state index < -0.39 is 0 Å². The van der Waals surface area contributed by atoms with E-state index >= 15 is 0 Å². The first-order valence-corrected chi connectivity index (χ1v) is 12.7. The Morgan fingerprint density at radius 2 is 1.50 bits per heavy atom. The van der Waals surface area contributed by atoms with Gasteiger partial charge in [-0.15, -0.1) is 0 Å². The average molecular weight is 476 g/mol. The average Bonchev–Trinajstić information content (AvgIpc) is 2.87. The smallest absolute Gasteiger partial charge is 0.320 e. The van der Waals surface area contributed by atoms with Gasteiger partial charge in [0, 0.05) is 23.8 Å². The number of piperidine rings is 1. The highest BCUT2D eigenvalue weighted by Crippen LogP contribution is 2.22. The number of halogens is 1. The summed E-state index contributed by atoms with van der Waals surface area (Å²) in [5.74, 6) is 0.776. The fourth-order valence-corrected chi connectivity index (χ4v) is 4.76. The number of rotatable bonds is 9. The molecule has 0 aromatic heterocycles. The number of urea groups is 1. The Bertz CT molecular complexity index is 1000. The van der Waals surface area contributed by atoms with Crippen molar-refractivity contribution < 1.29 is 4.79 Å². The summed E-state index contributed by atoms with van der Waals surface area (Å²) in [6, 6.07) is 28.2. The molecular formula is C29H34ClN3O. The first-order chi connectivity index (χ1) is 16.7. The summed E-state index contributed by atoms with van der Waals surface area (Å²) in [6.45, 7) is 4.63. The molecule has 3 aromatic rings. The van der Waals surface area contributed by atoms with E-state index in [-0.39, 0.29) is 6.03 Å². The van der Waals surface area contributed by atoms with Crippen LogP contribution in [0.25, 0.3) is 0 Å². The number of nitrogens with zero attached hydrogens (tertiary/aromatic N) is 2. The second-order valence-electron chi connectivity index (χ2n) is 9.17. The van der Waals surface area contributed by atoms with Crippen LogP contribution in [-0.2, 0) is 13.0 Å². The summed E-state index contributed by atoms with van der Waals surface area (Å²) < 4.78 is 0. The van der Waals surface area contributed by atoms with Crippen molar-refractivity contribution in [1.82, 2.24) is 9.80 Å². The highest BCUT2D eigenvalue weighted by molar-refractivity contribution is 6.30. The molecule has 0 radical (unpaired) electrons. The lowest BCUT2D eigenvalue weighted by Crippen LogP contribution is -2.39. The summed E-state index contributed by atoms with van der Waals surface area (Å²) in [5, 5.41) is 3.68. The monoisotopic (exact) mass is 475 g/mol. The van der Waals surface area contributed by atoms with Crippen LogP contribution in [-0.4, -0.2) is 42.0 Å². The second kappa shape index (κ2) is 12.6. The summed E-state index contributed by atoms with van der Waals surface area (Å²) in [5.41, 5.74) is 3.34. The van der Waals surface area contributed by atoms with E-state index in [0.29, 0.717) is 11.6 Å². The van der Waals surface area contributed by atoms with E-state index in [9.17, 15) is 4.79 Å². The van der Waals surface area contributed by atoms with E-state index in [1.807, 2.05) is 35.2 Å². The Morgan fingerprint density at radius 3 is 2.15 bits per heavy atom. The van der Waals surface area contributed by atoms with Crippen molar-refractivity contribution in [3.63, 3.8) is 0 Å². The van der Waals surface area contributed by atoms with Gasteiger partial charge in [-0.1, -0.05) is 72.3 Å². The minimum absolute atomic E-state index is 0.0762. The second-order valence-corrected chi connectivity index (χ2v) is 9.61. The van der Waals surface area contributed by atoms with Crippen LogP contribution in [0.3, 0.4) is 0 Å². The molecule has 0 bridgehead atoms. The van der Waals surface area contributed by atoms with Gasteiger partial charge in [-0.05, 0) is 86.6 Å². The summed E-state index contributed by atoms with van der Waals surface area (Å²) >= 11 is 5.98. The summed E-state index contributed by atoms with van der Waals surface area (Å²) in [7, 11) is 0. The van der Waals surface area contributed by atoms with Gasteiger partial charge in [0.1, 0.15) is 0 Å². The Hall–Kier alpha value is -2.82. The van der Waals surface area contributed by atoms with Crippen molar-refractivity contribution in [2.45, 2.75) is 32.2 Å². The van der Waals surface area contributed by atoms with Crippen molar-refractivity contribution in [3.05, 3.63) is 101 Å². The first kappa shape index (κ1) is 24.3. The number of benzene rings is 3. The van der Waals surface area contributed by atoms with Gasteiger partial charge >= 0.3 is 6.03 Å². The molecular weight excluding hydrogens is 442 g/mol. The van der Waals surface area contributed by atoms with Crippen molar-refractivity contribution >= 4 is 23.3 Å². The SMILES string of the molecule is O=C(Nc1ccc(Cl)cc1)N(CCCN1CCC(Cc2ccccc2)CC1)Cc1ccccc1. The molecule has 4 rings (SSSR count). The lowest BCUT2D eigenvalue weighted by molar-refractivity contribution is 0.170. The van der Waals surface area contributed by atoms with Gasteiger partial charge < -0.3 is 15.1 Å². The van der Waals surface area contributed by atoms with E-state index in [0.717, 1.165) is 49.8 Å². The fourth-order valence-electron chi connectivity index (χ4n) is 4.64. The molecule has 4 nitrogen and oxygen atoms in total. The molecule has 0 atom stereocenters. The van der Waals surface area contributed by atoms with Crippen LogP contribution in [0.15, 0.2) is 84.9 Å². The number of hydrogen-bond acceptors (Lipinski definition) is 2. The van der Waals surface area contributed by atoms with E-state index in [2.05, 4.69) is 52.7 Å². The zero-order valence-electron chi connectivity index (χ0n) is 19.7. The Labute approximate surface area is 208 Å². The third-order valence-electron chi connectivity index (χ3n) is 6.58. The van der Waals surface area contributed by atoms with Crippen LogP contribution in [0.4, 0.5) is 10.5 Å². The standard InChI is InChI=1S/C29H34ClN3O/c30-27-12-14-28(15-13-27)31-29(34)33(23-26-10-5-2-6-11-26)19-7-18-32-20-16-25(17-21-32)22-24-8-3-1-4-9-24/h1-6,8-15,25H,7,16-23H2,(H,31,34). The molecule has 5 heteroatoms. The topological polar surface area (TPSA) is 35.6 Å². The molecule has 1 fully saturated rings. The van der Waals surface area contributed by atoms with Crippen LogP contribution >= 0.6 is 11.6 Å². The van der Waals surface area contributed by atoms with Crippen LogP contribution in [0.1, 0.15) is 30.4 Å². The molecule has 1 N–H and O–H groups in total. The Morgan fingerprint density at radius 1 is 0.882 bits per heavy atom. The van der Waals surface area contributed by atoms with Crippen molar-refractivity contribution in [2.75, 3.05) is 31.5 Å². The normalized spacial score (nSPS) is 14.6. The molecule has 0 saturated carbocycles. The van der Waals surface area contributed by atoms with Crippen LogP contribution in [0, 0.1) is 5.92 Å². The molecule has 1 aliphatic heterocycles. The van der Waals surface area contributed by atoms with Crippen molar-refractivity contribution in [1.29, 1.82) is 0 Å². The minimum atomic E-state index is -0.0762. The zero-order chi connectivity index (χ0) is 23.6. The molecule has 1 aliphatic rings. The number of amides is 2. The van der Waals surface area contributed by atoms with Crippen molar-refractivity contribution in [3.8, 4) is 0 Å². The Balaban J connectivity index is 1.26. The molecule has 3 aromatic carbocycles. The predicted octanol–water partition coefficient (Wildman–Crippen LogP) is 6.72. The molecule has 0 aliphatic carbocycles. The number of hydrogen-bond donors (Lipinski definition) is 1. The lowest BCUT2D eigenvalue weighted by Gasteiger charge is -2.32. The molecule has 178 valence electrons. The maximum atomic E-state index is 13.1. The minimum Gasteiger partial charge on any atom is -0.320 e. The molecule has 2 amide bonds. The maximum Gasteiger partial charge on any atom is 0.322 e. The van der Waals surface area contributed by atoms with Gasteiger partial charge in [-0.3, -0.25) is 0 Å². The third kappa shape index (κ3) is 7.61. The highest BCUT2D eigenvalue weighted by Gasteiger charge is 2.20. The Kier molecular flexibility index (Phi) is 9.00. The molecule has 1 saturated heterocycles. The molecule has 1 heterocycles. The number of anilines is 1. The fraction of sp³-hybridized carbons (Fsp3) is 0.345. The van der Waals surface area contributed by atoms with E-state index in [1.54, 1.807) is 12.1 Å². The number of nitrogens with one attached hydrogen (secondary N) is 1. The van der Waals surface area contributed by atoms with Gasteiger partial charge in [0.15, 0.2) is 0 Å². The van der Waals surface area contributed by atoms with E-state index in [4.69, 9.17) is 11.6 Å². The molecule has 0 spiro atoms. The van der Waals surface area contributed by atoms with Gasteiger partial charge in [0.2, 0.25) is 0 Å². The summed E-state index contributed by atoms with van der Waals surface area (Å²) in [6.07, 6.45) is 4.65. The number of likely N-dealkylation sites (tertiary alicyclic amines) is 1. The van der Waals surface area contributed by atoms with Crippen LogP contribution in [0.5, 0.6) is 0 Å². The predicted molar refractivity (Wildman–Crippen MR) is 141 cm³/mol. The highest BCUT2D eigenvalue weighted by atomic mass is 35.5. The molecule has 0 unspecified atom stereocenters. The van der Waals surface area contributed by atoms with Gasteiger partial charge in [-0.25, -0.2) is 4.79 Å². The summed E-state index contributed by atoms with van der Waals surface area (Å²) in [4.78, 5) is 17.5. The molecule has 34 heavy (non-hydrogen) atoms. The number of carbonyl (C=O) groups is 1. The van der Waals surface area contributed by atoms with Crippen LogP contribution in [0.2, 0.25) is 5.02 Å². The van der Waals surface area contributed by atoms with Crippen LogP contribution < -0.4 is 5.32 Å². The third-order valence-corrected chi connectivity index (χ3v) is 6.83. The number of carbonyl (C=O) groups excluding carboxylic acids is 1. The lowest BCUT2D eigenvalue weighted by atomic mass is 9.90. The maximum absolute atomic E-state index is 13.1. The first-order valence-electron chi connectivity index (χ1n) is 12.3. The largest absolute Gasteiger partial charge is 0.322 e. The van der Waals surface area contributed by atoms with Crippen molar-refractivity contribution in [2.24, 2.45) is 5.92 Å². The van der Waals surface area contributed by atoms with Gasteiger partial charge in [0.25, 0.3) is 0 Å².